The first kappa shape index (κ1) is 15.1. The molecule has 0 heterocycles. The highest BCUT2D eigenvalue weighted by Crippen LogP contribution is 2.29. The first-order chi connectivity index (χ1) is 10.0. The highest BCUT2D eigenvalue weighted by molar-refractivity contribution is 5.92. The van der Waals surface area contributed by atoms with Gasteiger partial charge in [0, 0.05) is 6.42 Å². The molecular weight excluding hydrogens is 262 g/mol. The van der Waals surface area contributed by atoms with Gasteiger partial charge in [-0.15, -0.1) is 0 Å². The van der Waals surface area contributed by atoms with Crippen LogP contribution >= 0.6 is 0 Å². The molecule has 3 heteroatoms. The number of rotatable bonds is 5. The number of ether oxygens (including phenoxy) is 1. The van der Waals surface area contributed by atoms with Crippen molar-refractivity contribution >= 4 is 11.6 Å². The summed E-state index contributed by atoms with van der Waals surface area (Å²) in [6.07, 6.45) is 0.499. The van der Waals surface area contributed by atoms with Crippen molar-refractivity contribution in [2.24, 2.45) is 5.92 Å². The van der Waals surface area contributed by atoms with Gasteiger partial charge in [-0.05, 0) is 42.7 Å². The molecule has 0 aliphatic carbocycles. The maximum absolute atomic E-state index is 11.9. The summed E-state index contributed by atoms with van der Waals surface area (Å²) in [5.74, 6) is 1.75. The Morgan fingerprint density at radius 3 is 2.62 bits per heavy atom. The van der Waals surface area contributed by atoms with Crippen LogP contribution in [0.15, 0.2) is 48.5 Å². The molecule has 0 spiro atoms. The van der Waals surface area contributed by atoms with E-state index in [4.69, 9.17) is 4.74 Å². The van der Waals surface area contributed by atoms with Crippen molar-refractivity contribution in [2.75, 3.05) is 5.32 Å². The third-order valence-electron chi connectivity index (χ3n) is 2.97. The van der Waals surface area contributed by atoms with Crippen molar-refractivity contribution in [3.8, 4) is 11.5 Å². The van der Waals surface area contributed by atoms with Crippen LogP contribution in [0.3, 0.4) is 0 Å². The van der Waals surface area contributed by atoms with Gasteiger partial charge in [0.15, 0.2) is 5.75 Å². The lowest BCUT2D eigenvalue weighted by Crippen LogP contribution is -2.14. The molecule has 0 bridgehead atoms. The van der Waals surface area contributed by atoms with Crippen molar-refractivity contribution in [1.82, 2.24) is 0 Å². The van der Waals surface area contributed by atoms with Crippen molar-refractivity contribution in [3.05, 3.63) is 54.1 Å². The van der Waals surface area contributed by atoms with Crippen molar-refractivity contribution in [1.29, 1.82) is 0 Å². The normalized spacial score (nSPS) is 10.5. The van der Waals surface area contributed by atoms with E-state index >= 15 is 0 Å². The Balaban J connectivity index is 2.15. The van der Waals surface area contributed by atoms with Crippen LogP contribution in [0.2, 0.25) is 0 Å². The quantitative estimate of drug-likeness (QED) is 0.858. The zero-order valence-electron chi connectivity index (χ0n) is 12.7. The summed E-state index contributed by atoms with van der Waals surface area (Å²) in [5.41, 5.74) is 1.83. The number of anilines is 1. The minimum absolute atomic E-state index is 0.00490. The molecule has 3 nitrogen and oxygen atoms in total. The average molecular weight is 283 g/mol. The van der Waals surface area contributed by atoms with Gasteiger partial charge in [0.1, 0.15) is 5.75 Å². The topological polar surface area (TPSA) is 38.3 Å². The zero-order chi connectivity index (χ0) is 15.2. The van der Waals surface area contributed by atoms with E-state index in [0.717, 1.165) is 11.3 Å². The second-order valence-electron chi connectivity index (χ2n) is 5.56. The number of hydrogen-bond donors (Lipinski definition) is 1. The molecule has 21 heavy (non-hydrogen) atoms. The van der Waals surface area contributed by atoms with Crippen LogP contribution in [0.5, 0.6) is 11.5 Å². The smallest absolute Gasteiger partial charge is 0.224 e. The Hall–Kier alpha value is -2.29. The van der Waals surface area contributed by atoms with Gasteiger partial charge in [0.25, 0.3) is 0 Å². The maximum Gasteiger partial charge on any atom is 0.224 e. The summed E-state index contributed by atoms with van der Waals surface area (Å²) in [5, 5.41) is 2.91. The van der Waals surface area contributed by atoms with Gasteiger partial charge in [-0.25, -0.2) is 0 Å². The number of amides is 1. The largest absolute Gasteiger partial charge is 0.455 e. The van der Waals surface area contributed by atoms with E-state index in [-0.39, 0.29) is 5.91 Å². The molecule has 110 valence electrons. The third-order valence-corrected chi connectivity index (χ3v) is 2.97. The summed E-state index contributed by atoms with van der Waals surface area (Å²) in [4.78, 5) is 11.9. The average Bonchev–Trinajstić information content (AvgIpc) is 2.40. The number of aryl methyl sites for hydroxylation is 1. The zero-order valence-corrected chi connectivity index (χ0v) is 12.7. The number of benzene rings is 2. The van der Waals surface area contributed by atoms with E-state index in [1.165, 1.54) is 0 Å². The van der Waals surface area contributed by atoms with E-state index in [1.807, 2.05) is 69.3 Å². The monoisotopic (exact) mass is 283 g/mol. The fourth-order valence-electron chi connectivity index (χ4n) is 2.04. The predicted octanol–water partition coefficient (Wildman–Crippen LogP) is 4.77. The number of hydrogen-bond acceptors (Lipinski definition) is 2. The van der Waals surface area contributed by atoms with Crippen LogP contribution in [-0.4, -0.2) is 5.91 Å². The number of carbonyl (C=O) groups excluding carboxylic acids is 1. The molecule has 1 amide bonds. The molecule has 0 aliphatic rings. The molecule has 2 aromatic carbocycles. The highest BCUT2D eigenvalue weighted by Gasteiger charge is 2.09. The lowest BCUT2D eigenvalue weighted by Gasteiger charge is -2.13. The Bertz CT molecular complexity index is 620. The van der Waals surface area contributed by atoms with Crippen LogP contribution in [0, 0.1) is 12.8 Å². The summed E-state index contributed by atoms with van der Waals surface area (Å²) in [6, 6.07) is 15.3. The standard InChI is InChI=1S/C18H21NO2/c1-13(2)11-18(20)19-16-9-4-5-10-17(16)21-15-8-6-7-14(3)12-15/h4-10,12-13H,11H2,1-3H3,(H,19,20). The van der Waals surface area contributed by atoms with Gasteiger partial charge in [-0.3, -0.25) is 4.79 Å². The van der Waals surface area contributed by atoms with Crippen LogP contribution in [0.1, 0.15) is 25.8 Å². The summed E-state index contributed by atoms with van der Waals surface area (Å²) in [7, 11) is 0. The minimum atomic E-state index is 0.00490. The minimum Gasteiger partial charge on any atom is -0.455 e. The fraction of sp³-hybridized carbons (Fsp3) is 0.278. The summed E-state index contributed by atoms with van der Waals surface area (Å²) >= 11 is 0. The number of para-hydroxylation sites is 2. The van der Waals surface area contributed by atoms with E-state index in [9.17, 15) is 4.79 Å². The van der Waals surface area contributed by atoms with Crippen molar-refractivity contribution in [3.63, 3.8) is 0 Å². The summed E-state index contributed by atoms with van der Waals surface area (Å²) in [6.45, 7) is 6.06. The molecule has 2 rings (SSSR count). The molecule has 0 saturated carbocycles. The van der Waals surface area contributed by atoms with Crippen LogP contribution in [0.25, 0.3) is 0 Å². The molecule has 0 aliphatic heterocycles. The van der Waals surface area contributed by atoms with Gasteiger partial charge in [-0.1, -0.05) is 38.1 Å². The Kier molecular flexibility index (Phi) is 4.99. The first-order valence-electron chi connectivity index (χ1n) is 7.18. The van der Waals surface area contributed by atoms with Gasteiger partial charge in [0.05, 0.1) is 5.69 Å². The van der Waals surface area contributed by atoms with E-state index in [0.29, 0.717) is 23.8 Å². The number of carbonyl (C=O) groups is 1. The molecule has 0 unspecified atom stereocenters. The molecule has 1 N–H and O–H groups in total. The van der Waals surface area contributed by atoms with E-state index in [1.54, 1.807) is 0 Å². The van der Waals surface area contributed by atoms with Crippen LogP contribution in [-0.2, 0) is 4.79 Å². The molecule has 0 fully saturated rings. The first-order valence-corrected chi connectivity index (χ1v) is 7.18. The van der Waals surface area contributed by atoms with Crippen molar-refractivity contribution in [2.45, 2.75) is 27.2 Å². The molecule has 0 saturated heterocycles. The lowest BCUT2D eigenvalue weighted by atomic mass is 10.1. The second-order valence-corrected chi connectivity index (χ2v) is 5.56. The van der Waals surface area contributed by atoms with Crippen LogP contribution < -0.4 is 10.1 Å². The number of nitrogens with one attached hydrogen (secondary N) is 1. The lowest BCUT2D eigenvalue weighted by molar-refractivity contribution is -0.116. The molecule has 2 aromatic rings. The summed E-state index contributed by atoms with van der Waals surface area (Å²) < 4.78 is 5.88. The second kappa shape index (κ2) is 6.93. The Morgan fingerprint density at radius 1 is 1.14 bits per heavy atom. The van der Waals surface area contributed by atoms with Crippen LogP contribution in [0.4, 0.5) is 5.69 Å². The van der Waals surface area contributed by atoms with Crippen molar-refractivity contribution < 1.29 is 9.53 Å². The highest BCUT2D eigenvalue weighted by atomic mass is 16.5. The molecule has 0 atom stereocenters. The van der Waals surface area contributed by atoms with Gasteiger partial charge in [0.2, 0.25) is 5.91 Å². The Labute approximate surface area is 126 Å². The van der Waals surface area contributed by atoms with Gasteiger partial charge < -0.3 is 10.1 Å². The maximum atomic E-state index is 11.9. The van der Waals surface area contributed by atoms with Gasteiger partial charge >= 0.3 is 0 Å². The Morgan fingerprint density at radius 2 is 1.90 bits per heavy atom. The fourth-order valence-corrected chi connectivity index (χ4v) is 2.04. The SMILES string of the molecule is Cc1cccc(Oc2ccccc2NC(=O)CC(C)C)c1. The van der Waals surface area contributed by atoms with Gasteiger partial charge in [-0.2, -0.15) is 0 Å². The molecule has 0 radical (unpaired) electrons. The third kappa shape index (κ3) is 4.63. The molecular formula is C18H21NO2. The predicted molar refractivity (Wildman–Crippen MR) is 85.8 cm³/mol. The van der Waals surface area contributed by atoms with E-state index < -0.39 is 0 Å². The van der Waals surface area contributed by atoms with E-state index in [2.05, 4.69) is 5.32 Å². The molecule has 0 aromatic heterocycles.